The lowest BCUT2D eigenvalue weighted by Crippen LogP contribution is -2.45. The molecule has 0 saturated carbocycles. The summed E-state index contributed by atoms with van der Waals surface area (Å²) in [7, 11) is 0. The third-order valence-corrected chi connectivity index (χ3v) is 4.21. The molecule has 3 nitrogen and oxygen atoms in total. The van der Waals surface area contributed by atoms with E-state index in [1.54, 1.807) is 0 Å². The molecule has 2 unspecified atom stereocenters. The summed E-state index contributed by atoms with van der Waals surface area (Å²) in [5.74, 6) is 0.301. The van der Waals surface area contributed by atoms with E-state index < -0.39 is 5.41 Å². The van der Waals surface area contributed by atoms with E-state index in [2.05, 4.69) is 19.2 Å². The number of hydrogen-bond acceptors (Lipinski definition) is 2. The molecular formula is C16H25ClN2O. The molecule has 3 N–H and O–H groups in total. The molecule has 1 aromatic carbocycles. The van der Waals surface area contributed by atoms with Crippen LogP contribution in [0, 0.1) is 11.3 Å². The summed E-state index contributed by atoms with van der Waals surface area (Å²) < 4.78 is 0. The molecule has 1 amide bonds. The van der Waals surface area contributed by atoms with Gasteiger partial charge in [0.25, 0.3) is 0 Å². The Morgan fingerprint density at radius 1 is 1.35 bits per heavy atom. The van der Waals surface area contributed by atoms with Crippen LogP contribution in [0.2, 0.25) is 5.02 Å². The van der Waals surface area contributed by atoms with Crippen molar-refractivity contribution < 1.29 is 4.79 Å². The average molecular weight is 297 g/mol. The minimum Gasteiger partial charge on any atom is -0.349 e. The van der Waals surface area contributed by atoms with Crippen molar-refractivity contribution in [2.75, 3.05) is 6.54 Å². The molecule has 4 heteroatoms. The van der Waals surface area contributed by atoms with Crippen molar-refractivity contribution in [1.82, 2.24) is 5.32 Å². The number of nitrogens with one attached hydrogen (secondary N) is 1. The molecule has 1 aromatic rings. The van der Waals surface area contributed by atoms with Crippen molar-refractivity contribution in [3.8, 4) is 0 Å². The van der Waals surface area contributed by atoms with Crippen molar-refractivity contribution in [3.05, 3.63) is 34.9 Å². The van der Waals surface area contributed by atoms with E-state index in [9.17, 15) is 4.79 Å². The van der Waals surface area contributed by atoms with Crippen LogP contribution >= 0.6 is 11.6 Å². The zero-order chi connectivity index (χ0) is 15.3. The predicted octanol–water partition coefficient (Wildman–Crippen LogP) is 3.53. The second kappa shape index (κ2) is 7.09. The molecule has 0 heterocycles. The van der Waals surface area contributed by atoms with Gasteiger partial charge in [-0.05, 0) is 37.0 Å². The molecule has 0 fully saturated rings. The van der Waals surface area contributed by atoms with Gasteiger partial charge in [-0.1, -0.05) is 44.5 Å². The van der Waals surface area contributed by atoms with Crippen LogP contribution in [0.25, 0.3) is 0 Å². The second-order valence-corrected chi connectivity index (χ2v) is 6.30. The van der Waals surface area contributed by atoms with Crippen LogP contribution in [0.3, 0.4) is 0 Å². The monoisotopic (exact) mass is 296 g/mol. The summed E-state index contributed by atoms with van der Waals surface area (Å²) in [5, 5.41) is 3.83. The van der Waals surface area contributed by atoms with Gasteiger partial charge in [-0.2, -0.15) is 0 Å². The Hall–Kier alpha value is -1.06. The minimum absolute atomic E-state index is 0.0103. The maximum absolute atomic E-state index is 12.5. The summed E-state index contributed by atoms with van der Waals surface area (Å²) in [6.07, 6.45) is 0.723. The van der Waals surface area contributed by atoms with Crippen LogP contribution in [0.4, 0.5) is 0 Å². The highest BCUT2D eigenvalue weighted by molar-refractivity contribution is 6.30. The summed E-state index contributed by atoms with van der Waals surface area (Å²) in [5.41, 5.74) is 6.30. The van der Waals surface area contributed by atoms with E-state index in [0.29, 0.717) is 17.5 Å². The van der Waals surface area contributed by atoms with Gasteiger partial charge in [-0.25, -0.2) is 0 Å². The lowest BCUT2D eigenvalue weighted by molar-refractivity contribution is -0.131. The van der Waals surface area contributed by atoms with E-state index in [1.165, 1.54) is 0 Å². The second-order valence-electron chi connectivity index (χ2n) is 5.87. The normalized spacial score (nSPS) is 15.8. The molecule has 0 radical (unpaired) electrons. The Balaban J connectivity index is 2.94. The largest absolute Gasteiger partial charge is 0.349 e. The fourth-order valence-corrected chi connectivity index (χ4v) is 2.14. The van der Waals surface area contributed by atoms with Gasteiger partial charge in [0.2, 0.25) is 5.91 Å². The molecule has 0 saturated heterocycles. The van der Waals surface area contributed by atoms with Gasteiger partial charge in [0.15, 0.2) is 0 Å². The minimum atomic E-state index is -0.514. The van der Waals surface area contributed by atoms with Crippen LogP contribution in [-0.4, -0.2) is 12.5 Å². The van der Waals surface area contributed by atoms with E-state index in [4.69, 9.17) is 17.3 Å². The summed E-state index contributed by atoms with van der Waals surface area (Å²) in [4.78, 5) is 12.5. The first kappa shape index (κ1) is 17.0. The van der Waals surface area contributed by atoms with Gasteiger partial charge in [0.1, 0.15) is 0 Å². The van der Waals surface area contributed by atoms with E-state index in [-0.39, 0.29) is 11.9 Å². The zero-order valence-corrected chi connectivity index (χ0v) is 13.5. The highest BCUT2D eigenvalue weighted by Gasteiger charge is 2.32. The third kappa shape index (κ3) is 3.97. The Kier molecular flexibility index (Phi) is 6.03. The quantitative estimate of drug-likeness (QED) is 0.844. The van der Waals surface area contributed by atoms with Crippen LogP contribution in [0.15, 0.2) is 24.3 Å². The van der Waals surface area contributed by atoms with Gasteiger partial charge in [0, 0.05) is 11.6 Å². The lowest BCUT2D eigenvalue weighted by atomic mass is 9.85. The van der Waals surface area contributed by atoms with Gasteiger partial charge in [0.05, 0.1) is 11.5 Å². The molecule has 0 aromatic heterocycles. The molecule has 112 valence electrons. The number of hydrogen-bond donors (Lipinski definition) is 2. The van der Waals surface area contributed by atoms with Gasteiger partial charge in [-0.3, -0.25) is 4.79 Å². The first-order valence-corrected chi connectivity index (χ1v) is 7.48. The standard InChI is InChI=1S/C16H25ClN2O/c1-5-16(4,10-18)15(20)19-14(11(2)3)12-6-8-13(17)9-7-12/h6-9,11,14H,5,10,18H2,1-4H3,(H,19,20). The van der Waals surface area contributed by atoms with Crippen LogP contribution in [-0.2, 0) is 4.79 Å². The summed E-state index contributed by atoms with van der Waals surface area (Å²) in [6.45, 7) is 8.41. The third-order valence-electron chi connectivity index (χ3n) is 3.96. The summed E-state index contributed by atoms with van der Waals surface area (Å²) in [6, 6.07) is 7.58. The van der Waals surface area contributed by atoms with E-state index in [1.807, 2.05) is 38.1 Å². The summed E-state index contributed by atoms with van der Waals surface area (Å²) >= 11 is 5.92. The van der Waals surface area contributed by atoms with Crippen molar-refractivity contribution in [3.63, 3.8) is 0 Å². The fourth-order valence-electron chi connectivity index (χ4n) is 2.02. The Morgan fingerprint density at radius 2 is 1.90 bits per heavy atom. The van der Waals surface area contributed by atoms with Gasteiger partial charge >= 0.3 is 0 Å². The van der Waals surface area contributed by atoms with Crippen molar-refractivity contribution in [1.29, 1.82) is 0 Å². The van der Waals surface area contributed by atoms with Crippen molar-refractivity contribution in [2.24, 2.45) is 17.1 Å². The number of carbonyl (C=O) groups is 1. The number of carbonyl (C=O) groups excluding carboxylic acids is 1. The molecule has 0 aliphatic carbocycles. The molecule has 20 heavy (non-hydrogen) atoms. The Labute approximate surface area is 126 Å². The van der Waals surface area contributed by atoms with E-state index >= 15 is 0 Å². The Morgan fingerprint density at radius 3 is 2.30 bits per heavy atom. The number of nitrogens with two attached hydrogens (primary N) is 1. The van der Waals surface area contributed by atoms with Gasteiger partial charge in [-0.15, -0.1) is 0 Å². The first-order chi connectivity index (χ1) is 9.34. The molecule has 0 aliphatic heterocycles. The predicted molar refractivity (Wildman–Crippen MR) is 84.6 cm³/mol. The van der Waals surface area contributed by atoms with E-state index in [0.717, 1.165) is 12.0 Å². The number of amides is 1. The smallest absolute Gasteiger partial charge is 0.227 e. The molecule has 0 bridgehead atoms. The maximum Gasteiger partial charge on any atom is 0.227 e. The zero-order valence-electron chi connectivity index (χ0n) is 12.7. The molecular weight excluding hydrogens is 272 g/mol. The van der Waals surface area contributed by atoms with Crippen LogP contribution < -0.4 is 11.1 Å². The van der Waals surface area contributed by atoms with Crippen molar-refractivity contribution >= 4 is 17.5 Å². The molecule has 2 atom stereocenters. The average Bonchev–Trinajstić information content (AvgIpc) is 2.44. The molecule has 0 aliphatic rings. The van der Waals surface area contributed by atoms with Gasteiger partial charge < -0.3 is 11.1 Å². The maximum atomic E-state index is 12.5. The first-order valence-electron chi connectivity index (χ1n) is 7.10. The fraction of sp³-hybridized carbons (Fsp3) is 0.562. The molecule has 1 rings (SSSR count). The van der Waals surface area contributed by atoms with Crippen LogP contribution in [0.1, 0.15) is 45.7 Å². The Bertz CT molecular complexity index is 438. The SMILES string of the molecule is CCC(C)(CN)C(=O)NC(c1ccc(Cl)cc1)C(C)C. The van der Waals surface area contributed by atoms with Crippen LogP contribution in [0.5, 0.6) is 0 Å². The van der Waals surface area contributed by atoms with Crippen molar-refractivity contribution in [2.45, 2.75) is 40.2 Å². The number of rotatable bonds is 6. The topological polar surface area (TPSA) is 55.1 Å². The number of halogens is 1. The highest BCUT2D eigenvalue weighted by atomic mass is 35.5. The lowest BCUT2D eigenvalue weighted by Gasteiger charge is -2.30. The molecule has 0 spiro atoms. The number of benzene rings is 1. The highest BCUT2D eigenvalue weighted by Crippen LogP contribution is 2.26.